The highest BCUT2D eigenvalue weighted by atomic mass is 16.5. The third kappa shape index (κ3) is 4.75. The molecule has 0 atom stereocenters. The van der Waals surface area contributed by atoms with Crippen molar-refractivity contribution in [2.45, 2.75) is 25.7 Å². The molecule has 0 spiro atoms. The van der Waals surface area contributed by atoms with Gasteiger partial charge in [-0.2, -0.15) is 0 Å². The van der Waals surface area contributed by atoms with Gasteiger partial charge >= 0.3 is 0 Å². The highest BCUT2D eigenvalue weighted by Crippen LogP contribution is 2.25. The minimum absolute atomic E-state index is 0.0167. The summed E-state index contributed by atoms with van der Waals surface area (Å²) in [5.41, 5.74) is 2.85. The van der Waals surface area contributed by atoms with Crippen LogP contribution < -0.4 is 14.8 Å². The molecule has 1 N–H and O–H groups in total. The van der Waals surface area contributed by atoms with E-state index in [9.17, 15) is 4.79 Å². The van der Waals surface area contributed by atoms with E-state index in [1.165, 1.54) is 30.4 Å². The molecule has 0 aliphatic heterocycles. The van der Waals surface area contributed by atoms with Crippen LogP contribution in [0.4, 0.5) is 0 Å². The van der Waals surface area contributed by atoms with Crippen molar-refractivity contribution in [1.82, 2.24) is 5.32 Å². The summed E-state index contributed by atoms with van der Waals surface area (Å²) < 4.78 is 11.1. The van der Waals surface area contributed by atoms with Gasteiger partial charge in [0.15, 0.2) is 6.61 Å². The Balaban J connectivity index is 1.35. The zero-order chi connectivity index (χ0) is 16.6. The molecule has 2 aromatic carbocycles. The van der Waals surface area contributed by atoms with Crippen molar-refractivity contribution in [3.05, 3.63) is 59.7 Å². The van der Waals surface area contributed by atoms with Gasteiger partial charge in [-0.15, -0.1) is 0 Å². The standard InChI is InChI=1S/C20H23NO3/c22-20(15-24-18-8-2-1-3-9-18)21-12-13-23-19-11-10-16-6-4-5-7-17(16)14-19/h1-3,8-11,14H,4-7,12-13,15H2,(H,21,22). The first-order valence-corrected chi connectivity index (χ1v) is 8.50. The van der Waals surface area contributed by atoms with Crippen molar-refractivity contribution >= 4 is 5.91 Å². The molecule has 0 saturated carbocycles. The first kappa shape index (κ1) is 16.4. The highest BCUT2D eigenvalue weighted by molar-refractivity contribution is 5.77. The summed E-state index contributed by atoms with van der Waals surface area (Å²) in [6, 6.07) is 15.6. The highest BCUT2D eigenvalue weighted by Gasteiger charge is 2.10. The fraction of sp³-hybridized carbons (Fsp3) is 0.350. The van der Waals surface area contributed by atoms with Crippen LogP contribution in [0.3, 0.4) is 0 Å². The number of aryl methyl sites for hydroxylation is 2. The predicted octanol–water partition coefficient (Wildman–Crippen LogP) is 3.14. The molecular formula is C20H23NO3. The van der Waals surface area contributed by atoms with Crippen molar-refractivity contribution in [3.8, 4) is 11.5 Å². The number of nitrogens with one attached hydrogen (secondary N) is 1. The van der Waals surface area contributed by atoms with Crippen LogP contribution in [-0.4, -0.2) is 25.7 Å². The monoisotopic (exact) mass is 325 g/mol. The zero-order valence-corrected chi connectivity index (χ0v) is 13.8. The number of ether oxygens (including phenoxy) is 2. The van der Waals surface area contributed by atoms with E-state index in [1.807, 2.05) is 36.4 Å². The van der Waals surface area contributed by atoms with Crippen molar-refractivity contribution < 1.29 is 14.3 Å². The first-order chi connectivity index (χ1) is 11.8. The molecule has 0 saturated heterocycles. The van der Waals surface area contributed by atoms with E-state index < -0.39 is 0 Å². The molecule has 0 aromatic heterocycles. The van der Waals surface area contributed by atoms with Crippen molar-refractivity contribution in [2.24, 2.45) is 0 Å². The largest absolute Gasteiger partial charge is 0.492 e. The van der Waals surface area contributed by atoms with Gasteiger partial charge in [-0.3, -0.25) is 4.79 Å². The lowest BCUT2D eigenvalue weighted by atomic mass is 9.92. The minimum Gasteiger partial charge on any atom is -0.492 e. The van der Waals surface area contributed by atoms with Crippen LogP contribution in [0.5, 0.6) is 11.5 Å². The molecule has 4 nitrogen and oxygen atoms in total. The normalized spacial score (nSPS) is 13.0. The molecule has 0 heterocycles. The lowest BCUT2D eigenvalue weighted by molar-refractivity contribution is -0.123. The average molecular weight is 325 g/mol. The number of fused-ring (bicyclic) bond motifs is 1. The molecular weight excluding hydrogens is 302 g/mol. The Kier molecular flexibility index (Phi) is 5.72. The van der Waals surface area contributed by atoms with Crippen LogP contribution in [0.1, 0.15) is 24.0 Å². The van der Waals surface area contributed by atoms with Crippen LogP contribution >= 0.6 is 0 Å². The summed E-state index contributed by atoms with van der Waals surface area (Å²) in [7, 11) is 0. The van der Waals surface area contributed by atoms with E-state index in [0.29, 0.717) is 18.9 Å². The molecule has 1 aliphatic carbocycles. The zero-order valence-electron chi connectivity index (χ0n) is 13.8. The lowest BCUT2D eigenvalue weighted by Gasteiger charge is -2.17. The van der Waals surface area contributed by atoms with E-state index in [2.05, 4.69) is 17.4 Å². The van der Waals surface area contributed by atoms with E-state index in [0.717, 1.165) is 12.2 Å². The van der Waals surface area contributed by atoms with Gasteiger partial charge in [-0.25, -0.2) is 0 Å². The topological polar surface area (TPSA) is 47.6 Å². The molecule has 0 radical (unpaired) electrons. The third-order valence-electron chi connectivity index (χ3n) is 4.13. The lowest BCUT2D eigenvalue weighted by Crippen LogP contribution is -2.32. The SMILES string of the molecule is O=C(COc1ccccc1)NCCOc1ccc2c(c1)CCCC2. The van der Waals surface area contributed by atoms with E-state index in [4.69, 9.17) is 9.47 Å². The Bertz CT molecular complexity index is 670. The Morgan fingerprint density at radius 2 is 1.71 bits per heavy atom. The first-order valence-electron chi connectivity index (χ1n) is 8.50. The van der Waals surface area contributed by atoms with Gasteiger partial charge in [0.25, 0.3) is 5.91 Å². The number of hydrogen-bond donors (Lipinski definition) is 1. The van der Waals surface area contributed by atoms with Gasteiger partial charge in [0.2, 0.25) is 0 Å². The molecule has 0 unspecified atom stereocenters. The van der Waals surface area contributed by atoms with Crippen LogP contribution in [0.15, 0.2) is 48.5 Å². The van der Waals surface area contributed by atoms with Crippen molar-refractivity contribution in [3.63, 3.8) is 0 Å². The molecule has 2 aromatic rings. The summed E-state index contributed by atoms with van der Waals surface area (Å²) in [5, 5.41) is 2.80. The van der Waals surface area contributed by atoms with Crippen LogP contribution in [0.2, 0.25) is 0 Å². The van der Waals surface area contributed by atoms with Gasteiger partial charge in [-0.05, 0) is 61.1 Å². The molecule has 0 bridgehead atoms. The maximum atomic E-state index is 11.7. The fourth-order valence-electron chi connectivity index (χ4n) is 2.88. The quantitative estimate of drug-likeness (QED) is 0.796. The second kappa shape index (κ2) is 8.39. The summed E-state index contributed by atoms with van der Waals surface area (Å²) in [6.45, 7) is 0.937. The third-order valence-corrected chi connectivity index (χ3v) is 4.13. The summed E-state index contributed by atoms with van der Waals surface area (Å²) in [4.78, 5) is 11.7. The number of carbonyl (C=O) groups excluding carboxylic acids is 1. The van der Waals surface area contributed by atoms with Gasteiger partial charge in [0.05, 0.1) is 6.54 Å². The Labute approximate surface area is 142 Å². The number of amides is 1. The molecule has 24 heavy (non-hydrogen) atoms. The molecule has 126 valence electrons. The predicted molar refractivity (Wildman–Crippen MR) is 93.5 cm³/mol. The molecule has 1 aliphatic rings. The second-order valence-corrected chi connectivity index (χ2v) is 5.94. The Morgan fingerprint density at radius 3 is 2.54 bits per heavy atom. The maximum Gasteiger partial charge on any atom is 0.258 e. The Hall–Kier alpha value is -2.49. The Morgan fingerprint density at radius 1 is 0.917 bits per heavy atom. The smallest absolute Gasteiger partial charge is 0.258 e. The second-order valence-electron chi connectivity index (χ2n) is 5.94. The average Bonchev–Trinajstić information content (AvgIpc) is 2.64. The van der Waals surface area contributed by atoms with Crippen LogP contribution in [0.25, 0.3) is 0 Å². The number of benzene rings is 2. The summed E-state index contributed by atoms with van der Waals surface area (Å²) in [6.07, 6.45) is 4.85. The van der Waals surface area contributed by atoms with Gasteiger partial charge < -0.3 is 14.8 Å². The minimum atomic E-state index is -0.145. The number of rotatable bonds is 7. The van der Waals surface area contributed by atoms with Crippen molar-refractivity contribution in [2.75, 3.05) is 19.8 Å². The fourth-order valence-corrected chi connectivity index (χ4v) is 2.88. The van der Waals surface area contributed by atoms with E-state index in [1.54, 1.807) is 0 Å². The number of carbonyl (C=O) groups is 1. The number of hydrogen-bond acceptors (Lipinski definition) is 3. The van der Waals surface area contributed by atoms with Gasteiger partial charge in [0.1, 0.15) is 18.1 Å². The van der Waals surface area contributed by atoms with Gasteiger partial charge in [-0.1, -0.05) is 24.3 Å². The summed E-state index contributed by atoms with van der Waals surface area (Å²) in [5.74, 6) is 1.43. The number of para-hydroxylation sites is 1. The molecule has 3 rings (SSSR count). The van der Waals surface area contributed by atoms with Crippen LogP contribution in [0, 0.1) is 0 Å². The van der Waals surface area contributed by atoms with E-state index in [-0.39, 0.29) is 12.5 Å². The van der Waals surface area contributed by atoms with Crippen LogP contribution in [-0.2, 0) is 17.6 Å². The molecule has 4 heteroatoms. The van der Waals surface area contributed by atoms with Crippen molar-refractivity contribution in [1.29, 1.82) is 0 Å². The van der Waals surface area contributed by atoms with E-state index >= 15 is 0 Å². The molecule has 0 fully saturated rings. The molecule has 1 amide bonds. The summed E-state index contributed by atoms with van der Waals surface area (Å²) >= 11 is 0. The maximum absolute atomic E-state index is 11.7. The van der Waals surface area contributed by atoms with Gasteiger partial charge in [0, 0.05) is 0 Å².